The Hall–Kier alpha value is -1.55. The number of carbonyl (C=O) groups excluding carboxylic acids is 1. The van der Waals surface area contributed by atoms with Gasteiger partial charge in [0.2, 0.25) is 0 Å². The summed E-state index contributed by atoms with van der Waals surface area (Å²) in [5, 5.41) is 9.17. The van der Waals surface area contributed by atoms with Crippen LogP contribution in [0.3, 0.4) is 0 Å². The molecule has 1 aromatic rings. The van der Waals surface area contributed by atoms with Gasteiger partial charge in [-0.05, 0) is 18.6 Å². The molecule has 1 heterocycles. The van der Waals surface area contributed by atoms with Gasteiger partial charge in [0.1, 0.15) is 17.5 Å². The number of hydrogen-bond acceptors (Lipinski definition) is 4. The van der Waals surface area contributed by atoms with Crippen molar-refractivity contribution in [2.45, 2.75) is 25.1 Å². The van der Waals surface area contributed by atoms with Gasteiger partial charge in [-0.1, -0.05) is 15.9 Å². The standard InChI is InChI=1S/C12H11BrF2N2O2/c1-2-19-11(18)4-7-3-9(12(14)15)17-10(6-16)8(7)5-13/h3,12H,2,4-5H2,1H3. The number of carbonyl (C=O) groups is 1. The number of nitrogens with zero attached hydrogens (tertiary/aromatic N) is 2. The Labute approximate surface area is 117 Å². The fraction of sp³-hybridized carbons (Fsp3) is 0.417. The van der Waals surface area contributed by atoms with E-state index in [1.165, 1.54) is 0 Å². The van der Waals surface area contributed by atoms with Crippen LogP contribution in [0.5, 0.6) is 0 Å². The molecule has 19 heavy (non-hydrogen) atoms. The monoisotopic (exact) mass is 332 g/mol. The minimum Gasteiger partial charge on any atom is -0.466 e. The van der Waals surface area contributed by atoms with Gasteiger partial charge in [-0.15, -0.1) is 0 Å². The van der Waals surface area contributed by atoms with Crippen molar-refractivity contribution < 1.29 is 18.3 Å². The van der Waals surface area contributed by atoms with Crippen molar-refractivity contribution in [2.24, 2.45) is 0 Å². The Bertz CT molecular complexity index is 515. The number of nitriles is 1. The van der Waals surface area contributed by atoms with E-state index >= 15 is 0 Å². The van der Waals surface area contributed by atoms with Crippen molar-refractivity contribution in [1.82, 2.24) is 4.98 Å². The maximum atomic E-state index is 12.7. The van der Waals surface area contributed by atoms with Gasteiger partial charge in [0, 0.05) is 10.9 Å². The van der Waals surface area contributed by atoms with E-state index in [9.17, 15) is 13.6 Å². The fourth-order valence-corrected chi connectivity index (χ4v) is 2.15. The second-order valence-electron chi connectivity index (χ2n) is 3.56. The predicted molar refractivity (Wildman–Crippen MR) is 66.9 cm³/mol. The predicted octanol–water partition coefficient (Wildman–Crippen LogP) is 2.89. The summed E-state index contributed by atoms with van der Waals surface area (Å²) >= 11 is 3.16. The Morgan fingerprint density at radius 1 is 1.63 bits per heavy atom. The second-order valence-corrected chi connectivity index (χ2v) is 4.12. The van der Waals surface area contributed by atoms with Crippen LogP contribution in [0.15, 0.2) is 6.07 Å². The van der Waals surface area contributed by atoms with Crippen LogP contribution in [0.4, 0.5) is 8.78 Å². The lowest BCUT2D eigenvalue weighted by atomic mass is 10.0. The van der Waals surface area contributed by atoms with Gasteiger partial charge < -0.3 is 4.74 Å². The number of aromatic nitrogens is 1. The summed E-state index contributed by atoms with van der Waals surface area (Å²) in [5.74, 6) is -0.528. The van der Waals surface area contributed by atoms with Crippen molar-refractivity contribution in [3.05, 3.63) is 28.6 Å². The van der Waals surface area contributed by atoms with Crippen LogP contribution in [0, 0.1) is 11.3 Å². The number of halogens is 3. The van der Waals surface area contributed by atoms with Crippen LogP contribution in [0.2, 0.25) is 0 Å². The summed E-state index contributed by atoms with van der Waals surface area (Å²) in [6.45, 7) is 1.86. The first-order chi connectivity index (χ1) is 9.03. The molecular weight excluding hydrogens is 322 g/mol. The minimum atomic E-state index is -2.79. The summed E-state index contributed by atoms with van der Waals surface area (Å²) < 4.78 is 30.1. The summed E-state index contributed by atoms with van der Waals surface area (Å²) in [4.78, 5) is 15.0. The highest BCUT2D eigenvalue weighted by atomic mass is 79.9. The van der Waals surface area contributed by atoms with E-state index in [4.69, 9.17) is 10.00 Å². The maximum absolute atomic E-state index is 12.7. The van der Waals surface area contributed by atoms with Gasteiger partial charge in [0.05, 0.1) is 13.0 Å². The Morgan fingerprint density at radius 2 is 2.32 bits per heavy atom. The SMILES string of the molecule is CCOC(=O)Cc1cc(C(F)F)nc(C#N)c1CBr. The smallest absolute Gasteiger partial charge is 0.310 e. The molecule has 0 saturated heterocycles. The highest BCUT2D eigenvalue weighted by Gasteiger charge is 2.18. The van der Waals surface area contributed by atoms with E-state index in [1.54, 1.807) is 13.0 Å². The average molecular weight is 333 g/mol. The van der Waals surface area contributed by atoms with Crippen LogP contribution in [-0.2, 0) is 21.3 Å². The Balaban J connectivity index is 3.23. The van der Waals surface area contributed by atoms with Crippen molar-refractivity contribution in [3.8, 4) is 6.07 Å². The summed E-state index contributed by atoms with van der Waals surface area (Å²) in [7, 11) is 0. The van der Waals surface area contributed by atoms with Gasteiger partial charge in [-0.25, -0.2) is 13.8 Å². The van der Waals surface area contributed by atoms with Gasteiger partial charge in [-0.3, -0.25) is 4.79 Å². The molecule has 4 nitrogen and oxygen atoms in total. The van der Waals surface area contributed by atoms with E-state index in [2.05, 4.69) is 20.9 Å². The molecular formula is C12H11BrF2N2O2. The number of rotatable bonds is 5. The summed E-state index contributed by atoms with van der Waals surface area (Å²) in [6, 6.07) is 2.90. The summed E-state index contributed by atoms with van der Waals surface area (Å²) in [6.07, 6.45) is -2.96. The fourth-order valence-electron chi connectivity index (χ4n) is 1.53. The van der Waals surface area contributed by atoms with Crippen molar-refractivity contribution in [1.29, 1.82) is 5.26 Å². The van der Waals surface area contributed by atoms with Crippen molar-refractivity contribution in [2.75, 3.05) is 6.61 Å². The third-order valence-corrected chi connectivity index (χ3v) is 2.90. The van der Waals surface area contributed by atoms with E-state index in [1.807, 2.05) is 0 Å². The molecule has 0 radical (unpaired) electrons. The zero-order chi connectivity index (χ0) is 14.4. The molecule has 0 atom stereocenters. The topological polar surface area (TPSA) is 63.0 Å². The molecule has 0 saturated carbocycles. The van der Waals surface area contributed by atoms with E-state index < -0.39 is 18.1 Å². The number of alkyl halides is 3. The molecule has 0 aliphatic carbocycles. The number of ether oxygens (including phenoxy) is 1. The number of pyridine rings is 1. The van der Waals surface area contributed by atoms with Crippen LogP contribution < -0.4 is 0 Å². The largest absolute Gasteiger partial charge is 0.466 e. The first-order valence-corrected chi connectivity index (χ1v) is 6.58. The third kappa shape index (κ3) is 3.96. The zero-order valence-electron chi connectivity index (χ0n) is 10.1. The van der Waals surface area contributed by atoms with Crippen LogP contribution in [-0.4, -0.2) is 17.6 Å². The van der Waals surface area contributed by atoms with Gasteiger partial charge in [-0.2, -0.15) is 5.26 Å². The van der Waals surface area contributed by atoms with Gasteiger partial charge >= 0.3 is 5.97 Å². The highest BCUT2D eigenvalue weighted by molar-refractivity contribution is 9.08. The lowest BCUT2D eigenvalue weighted by Gasteiger charge is -2.10. The molecule has 0 aliphatic rings. The highest BCUT2D eigenvalue weighted by Crippen LogP contribution is 2.24. The molecule has 0 N–H and O–H groups in total. The van der Waals surface area contributed by atoms with Gasteiger partial charge in [0.25, 0.3) is 6.43 Å². The molecule has 7 heteroatoms. The maximum Gasteiger partial charge on any atom is 0.310 e. The minimum absolute atomic E-state index is 0.103. The molecule has 1 aromatic heterocycles. The van der Waals surface area contributed by atoms with Gasteiger partial charge in [0.15, 0.2) is 0 Å². The number of hydrogen-bond donors (Lipinski definition) is 0. The van der Waals surface area contributed by atoms with Crippen molar-refractivity contribution in [3.63, 3.8) is 0 Å². The first kappa shape index (κ1) is 15.5. The molecule has 0 unspecified atom stereocenters. The molecule has 0 bridgehead atoms. The number of esters is 1. The molecule has 0 amide bonds. The quantitative estimate of drug-likeness (QED) is 0.614. The second kappa shape index (κ2) is 7.14. The van der Waals surface area contributed by atoms with E-state index in [0.717, 1.165) is 6.07 Å². The normalized spacial score (nSPS) is 10.3. The zero-order valence-corrected chi connectivity index (χ0v) is 11.7. The van der Waals surface area contributed by atoms with Crippen LogP contribution >= 0.6 is 15.9 Å². The Kier molecular flexibility index (Phi) is 5.83. The lowest BCUT2D eigenvalue weighted by Crippen LogP contribution is -2.11. The van der Waals surface area contributed by atoms with Crippen molar-refractivity contribution >= 4 is 21.9 Å². The molecule has 0 aliphatic heterocycles. The molecule has 102 valence electrons. The third-order valence-electron chi connectivity index (χ3n) is 2.34. The average Bonchev–Trinajstić information content (AvgIpc) is 2.37. The van der Waals surface area contributed by atoms with E-state index in [-0.39, 0.29) is 24.1 Å². The Morgan fingerprint density at radius 3 is 2.79 bits per heavy atom. The molecule has 0 spiro atoms. The summed E-state index contributed by atoms with van der Waals surface area (Å²) in [5.41, 5.74) is 0.145. The van der Waals surface area contributed by atoms with Crippen LogP contribution in [0.25, 0.3) is 0 Å². The molecule has 0 aromatic carbocycles. The lowest BCUT2D eigenvalue weighted by molar-refractivity contribution is -0.142. The van der Waals surface area contributed by atoms with E-state index in [0.29, 0.717) is 11.1 Å². The van der Waals surface area contributed by atoms with Crippen LogP contribution in [0.1, 0.15) is 35.9 Å². The molecule has 1 rings (SSSR count). The first-order valence-electron chi connectivity index (χ1n) is 5.46. The molecule has 0 fully saturated rings.